The zero-order valence-electron chi connectivity index (χ0n) is 8.86. The molecule has 0 bridgehead atoms. The summed E-state index contributed by atoms with van der Waals surface area (Å²) < 4.78 is 0. The molecule has 1 atom stereocenters. The van der Waals surface area contributed by atoms with Gasteiger partial charge in [-0.05, 0) is 25.1 Å². The fraction of sp³-hybridized carbons (Fsp3) is 0.364. The second-order valence-corrected chi connectivity index (χ2v) is 3.84. The lowest BCUT2D eigenvalue weighted by Gasteiger charge is -2.12. The second-order valence-electron chi connectivity index (χ2n) is 3.84. The summed E-state index contributed by atoms with van der Waals surface area (Å²) in [5.74, 6) is 0.139. The Morgan fingerprint density at radius 2 is 2.38 bits per heavy atom. The van der Waals surface area contributed by atoms with Gasteiger partial charge in [-0.3, -0.25) is 0 Å². The predicted molar refractivity (Wildman–Crippen MR) is 61.5 cm³/mol. The number of phenolic OH excluding ortho intramolecular Hbond substituents is 1. The lowest BCUT2D eigenvalue weighted by atomic mass is 10.2. The summed E-state index contributed by atoms with van der Waals surface area (Å²) in [5, 5.41) is 17.9. The van der Waals surface area contributed by atoms with Crippen molar-refractivity contribution < 1.29 is 9.90 Å². The van der Waals surface area contributed by atoms with Gasteiger partial charge in [0.1, 0.15) is 5.75 Å². The molecule has 0 saturated carbocycles. The highest BCUT2D eigenvalue weighted by Crippen LogP contribution is 2.15. The van der Waals surface area contributed by atoms with Gasteiger partial charge in [0.15, 0.2) is 0 Å². The number of rotatable bonds is 2. The van der Waals surface area contributed by atoms with Crippen molar-refractivity contribution in [1.29, 1.82) is 0 Å². The Labute approximate surface area is 93.9 Å². The van der Waals surface area contributed by atoms with E-state index in [2.05, 4.69) is 16.0 Å². The van der Waals surface area contributed by atoms with E-state index in [9.17, 15) is 9.90 Å². The Morgan fingerprint density at radius 1 is 1.50 bits per heavy atom. The molecule has 0 aliphatic carbocycles. The van der Waals surface area contributed by atoms with E-state index >= 15 is 0 Å². The number of hydrogen-bond acceptors (Lipinski definition) is 3. The molecule has 1 saturated heterocycles. The minimum absolute atomic E-state index is 0.139. The van der Waals surface area contributed by atoms with Crippen molar-refractivity contribution in [1.82, 2.24) is 10.6 Å². The van der Waals surface area contributed by atoms with E-state index < -0.39 is 0 Å². The third-order valence-corrected chi connectivity index (χ3v) is 2.50. The SMILES string of the molecule is O=C(Nc1cccc(O)c1)NC1CCNC1. The molecule has 4 N–H and O–H groups in total. The number of nitrogens with one attached hydrogen (secondary N) is 3. The number of phenols is 1. The van der Waals surface area contributed by atoms with Crippen molar-refractivity contribution in [3.05, 3.63) is 24.3 Å². The molecule has 1 fully saturated rings. The fourth-order valence-corrected chi connectivity index (χ4v) is 1.71. The lowest BCUT2D eigenvalue weighted by molar-refractivity contribution is 0.249. The molecule has 0 spiro atoms. The maximum Gasteiger partial charge on any atom is 0.319 e. The lowest BCUT2D eigenvalue weighted by Crippen LogP contribution is -2.39. The van der Waals surface area contributed by atoms with Crippen molar-refractivity contribution >= 4 is 11.7 Å². The summed E-state index contributed by atoms with van der Waals surface area (Å²) in [7, 11) is 0. The Bertz CT molecular complexity index is 375. The largest absolute Gasteiger partial charge is 0.508 e. The van der Waals surface area contributed by atoms with Crippen LogP contribution in [-0.4, -0.2) is 30.3 Å². The molecule has 1 aliphatic heterocycles. The van der Waals surface area contributed by atoms with Crippen LogP contribution in [0.1, 0.15) is 6.42 Å². The van der Waals surface area contributed by atoms with Gasteiger partial charge in [-0.25, -0.2) is 4.79 Å². The van der Waals surface area contributed by atoms with Gasteiger partial charge in [0.2, 0.25) is 0 Å². The Balaban J connectivity index is 1.86. The van der Waals surface area contributed by atoms with Crippen LogP contribution < -0.4 is 16.0 Å². The molecular weight excluding hydrogens is 206 g/mol. The summed E-state index contributed by atoms with van der Waals surface area (Å²) >= 11 is 0. The van der Waals surface area contributed by atoms with Crippen molar-refractivity contribution in [2.24, 2.45) is 0 Å². The number of anilines is 1. The molecular formula is C11H15N3O2. The van der Waals surface area contributed by atoms with Crippen molar-refractivity contribution in [2.45, 2.75) is 12.5 Å². The van der Waals surface area contributed by atoms with E-state index in [0.29, 0.717) is 5.69 Å². The highest BCUT2D eigenvalue weighted by atomic mass is 16.3. The average Bonchev–Trinajstić information content (AvgIpc) is 2.70. The molecule has 1 aromatic rings. The van der Waals surface area contributed by atoms with E-state index in [-0.39, 0.29) is 17.8 Å². The normalized spacial score (nSPS) is 19.4. The maximum absolute atomic E-state index is 11.5. The number of aromatic hydroxyl groups is 1. The summed E-state index contributed by atoms with van der Waals surface area (Å²) in [6.45, 7) is 1.75. The number of hydrogen-bond donors (Lipinski definition) is 4. The zero-order valence-corrected chi connectivity index (χ0v) is 8.86. The van der Waals surface area contributed by atoms with E-state index in [0.717, 1.165) is 19.5 Å². The van der Waals surface area contributed by atoms with Crippen LogP contribution in [0.5, 0.6) is 5.75 Å². The van der Waals surface area contributed by atoms with Gasteiger partial charge < -0.3 is 21.1 Å². The highest BCUT2D eigenvalue weighted by Gasteiger charge is 2.16. The van der Waals surface area contributed by atoms with Crippen LogP contribution in [0.25, 0.3) is 0 Å². The minimum Gasteiger partial charge on any atom is -0.508 e. The first-order valence-electron chi connectivity index (χ1n) is 5.31. The monoisotopic (exact) mass is 221 g/mol. The molecule has 86 valence electrons. The predicted octanol–water partition coefficient (Wildman–Crippen LogP) is 0.876. The van der Waals surface area contributed by atoms with Gasteiger partial charge in [-0.1, -0.05) is 6.07 Å². The molecule has 1 unspecified atom stereocenters. The zero-order chi connectivity index (χ0) is 11.4. The third-order valence-electron chi connectivity index (χ3n) is 2.50. The van der Waals surface area contributed by atoms with E-state index in [4.69, 9.17) is 0 Å². The van der Waals surface area contributed by atoms with Gasteiger partial charge in [-0.2, -0.15) is 0 Å². The van der Waals surface area contributed by atoms with E-state index in [1.165, 1.54) is 6.07 Å². The maximum atomic E-state index is 11.5. The molecule has 1 heterocycles. The number of benzene rings is 1. The molecule has 2 rings (SSSR count). The number of carbonyl (C=O) groups excluding carboxylic acids is 1. The molecule has 2 amide bonds. The first-order valence-corrected chi connectivity index (χ1v) is 5.31. The first-order chi connectivity index (χ1) is 7.74. The number of amides is 2. The van der Waals surface area contributed by atoms with Crippen molar-refractivity contribution in [2.75, 3.05) is 18.4 Å². The van der Waals surface area contributed by atoms with Crippen LogP contribution in [0.4, 0.5) is 10.5 Å². The summed E-state index contributed by atoms with van der Waals surface area (Å²) in [4.78, 5) is 11.5. The summed E-state index contributed by atoms with van der Waals surface area (Å²) in [6, 6.07) is 6.43. The first kappa shape index (κ1) is 10.8. The molecule has 16 heavy (non-hydrogen) atoms. The average molecular weight is 221 g/mol. The summed E-state index contributed by atoms with van der Waals surface area (Å²) in [5.41, 5.74) is 0.587. The fourth-order valence-electron chi connectivity index (χ4n) is 1.71. The Kier molecular flexibility index (Phi) is 3.26. The smallest absolute Gasteiger partial charge is 0.319 e. The Morgan fingerprint density at radius 3 is 3.06 bits per heavy atom. The van der Waals surface area contributed by atoms with Crippen molar-refractivity contribution in [3.63, 3.8) is 0 Å². The van der Waals surface area contributed by atoms with E-state index in [1.54, 1.807) is 18.2 Å². The number of carbonyl (C=O) groups is 1. The van der Waals surface area contributed by atoms with Crippen molar-refractivity contribution in [3.8, 4) is 5.75 Å². The molecule has 1 aromatic carbocycles. The topological polar surface area (TPSA) is 73.4 Å². The number of urea groups is 1. The third kappa shape index (κ3) is 2.87. The molecule has 0 aromatic heterocycles. The molecule has 1 aliphatic rings. The molecule has 0 radical (unpaired) electrons. The van der Waals surface area contributed by atoms with E-state index in [1.807, 2.05) is 0 Å². The van der Waals surface area contributed by atoms with Crippen LogP contribution >= 0.6 is 0 Å². The summed E-state index contributed by atoms with van der Waals surface area (Å²) in [6.07, 6.45) is 0.952. The Hall–Kier alpha value is -1.75. The molecule has 5 heteroatoms. The van der Waals surface area contributed by atoms with Gasteiger partial charge in [0.25, 0.3) is 0 Å². The molecule has 5 nitrogen and oxygen atoms in total. The standard InChI is InChI=1S/C11H15N3O2/c15-10-3-1-2-8(6-10)13-11(16)14-9-4-5-12-7-9/h1-3,6,9,12,15H,4-5,7H2,(H2,13,14,16). The van der Waals surface area contributed by atoms with Crippen LogP contribution in [0.15, 0.2) is 24.3 Å². The van der Waals surface area contributed by atoms with Gasteiger partial charge in [-0.15, -0.1) is 0 Å². The second kappa shape index (κ2) is 4.85. The van der Waals surface area contributed by atoms with Gasteiger partial charge in [0, 0.05) is 24.3 Å². The van der Waals surface area contributed by atoms with Gasteiger partial charge in [0.05, 0.1) is 0 Å². The quantitative estimate of drug-likeness (QED) is 0.599. The van der Waals surface area contributed by atoms with Crippen LogP contribution in [0.2, 0.25) is 0 Å². The van der Waals surface area contributed by atoms with Crippen LogP contribution in [0, 0.1) is 0 Å². The minimum atomic E-state index is -0.237. The van der Waals surface area contributed by atoms with Crippen LogP contribution in [-0.2, 0) is 0 Å². The highest BCUT2D eigenvalue weighted by molar-refractivity contribution is 5.89. The van der Waals surface area contributed by atoms with Gasteiger partial charge >= 0.3 is 6.03 Å². The van der Waals surface area contributed by atoms with Crippen LogP contribution in [0.3, 0.4) is 0 Å².